The zero-order chi connectivity index (χ0) is 29.6. The van der Waals surface area contributed by atoms with E-state index >= 15 is 0 Å². The number of halogens is 1. The van der Waals surface area contributed by atoms with Crippen LogP contribution in [0.5, 0.6) is 5.75 Å². The van der Waals surface area contributed by atoms with Crippen LogP contribution in [0, 0.1) is 13.8 Å². The number of rotatable bonds is 9. The molecular formula is C33H37ClN4O4. The second-order valence-corrected chi connectivity index (χ2v) is 11.2. The molecule has 2 amide bonds. The van der Waals surface area contributed by atoms with Gasteiger partial charge in [-0.25, -0.2) is 5.01 Å². The third-order valence-electron chi connectivity index (χ3n) is 8.00. The summed E-state index contributed by atoms with van der Waals surface area (Å²) in [6, 6.07) is 20.4. The highest BCUT2D eigenvalue weighted by molar-refractivity contribution is 6.30. The highest BCUT2D eigenvalue weighted by Crippen LogP contribution is 2.34. The SMILES string of the molecule is COc1ccc(C(=O)N(CCN2CCOCC2)CC(=O)N2N=C(c3ccc(C)c(C)c3)C[C@@H]2c2ccc(Cl)cc2)cc1. The Morgan fingerprint density at radius 2 is 1.71 bits per heavy atom. The second-order valence-electron chi connectivity index (χ2n) is 10.8. The third-order valence-corrected chi connectivity index (χ3v) is 8.25. The van der Waals surface area contributed by atoms with Crippen molar-refractivity contribution < 1.29 is 19.1 Å². The fourth-order valence-corrected chi connectivity index (χ4v) is 5.40. The van der Waals surface area contributed by atoms with Crippen molar-refractivity contribution in [3.05, 3.63) is 99.6 Å². The molecule has 5 rings (SSSR count). The molecule has 2 aliphatic rings. The first-order chi connectivity index (χ1) is 20.3. The Hall–Kier alpha value is -3.72. The van der Waals surface area contributed by atoms with Crippen LogP contribution in [-0.2, 0) is 9.53 Å². The Morgan fingerprint density at radius 3 is 2.38 bits per heavy atom. The van der Waals surface area contributed by atoms with Gasteiger partial charge < -0.3 is 14.4 Å². The van der Waals surface area contributed by atoms with Crippen molar-refractivity contribution in [1.29, 1.82) is 0 Å². The molecule has 0 aromatic heterocycles. The number of benzene rings is 3. The van der Waals surface area contributed by atoms with Gasteiger partial charge in [0.15, 0.2) is 0 Å². The number of carbonyl (C=O) groups is 2. The molecule has 42 heavy (non-hydrogen) atoms. The van der Waals surface area contributed by atoms with Crippen LogP contribution in [0.15, 0.2) is 71.8 Å². The zero-order valence-corrected chi connectivity index (χ0v) is 25.1. The number of nitrogens with zero attached hydrogens (tertiary/aromatic N) is 4. The average molecular weight is 589 g/mol. The summed E-state index contributed by atoms with van der Waals surface area (Å²) in [7, 11) is 1.59. The summed E-state index contributed by atoms with van der Waals surface area (Å²) in [6.07, 6.45) is 0.566. The van der Waals surface area contributed by atoms with Crippen LogP contribution in [0.1, 0.15) is 45.1 Å². The minimum Gasteiger partial charge on any atom is -0.497 e. The van der Waals surface area contributed by atoms with E-state index in [4.69, 9.17) is 26.2 Å². The molecule has 0 N–H and O–H groups in total. The van der Waals surface area contributed by atoms with Crippen molar-refractivity contribution in [1.82, 2.24) is 14.8 Å². The van der Waals surface area contributed by atoms with Gasteiger partial charge in [-0.3, -0.25) is 14.5 Å². The summed E-state index contributed by atoms with van der Waals surface area (Å²) >= 11 is 6.18. The minimum atomic E-state index is -0.302. The predicted octanol–water partition coefficient (Wildman–Crippen LogP) is 5.12. The monoisotopic (exact) mass is 588 g/mol. The van der Waals surface area contributed by atoms with Crippen molar-refractivity contribution in [2.75, 3.05) is 53.0 Å². The molecule has 0 radical (unpaired) electrons. The molecule has 0 bridgehead atoms. The van der Waals surface area contributed by atoms with Crippen LogP contribution in [0.2, 0.25) is 5.02 Å². The van der Waals surface area contributed by atoms with Crippen LogP contribution in [-0.4, -0.2) is 85.4 Å². The Morgan fingerprint density at radius 1 is 1.00 bits per heavy atom. The first kappa shape index (κ1) is 29.8. The summed E-state index contributed by atoms with van der Waals surface area (Å²) in [6.45, 7) is 8.04. The van der Waals surface area contributed by atoms with E-state index in [0.29, 0.717) is 49.1 Å². The van der Waals surface area contributed by atoms with Crippen LogP contribution in [0.4, 0.5) is 0 Å². The summed E-state index contributed by atoms with van der Waals surface area (Å²) in [5, 5.41) is 7.03. The summed E-state index contributed by atoms with van der Waals surface area (Å²) in [4.78, 5) is 31.7. The number of methoxy groups -OCH3 is 1. The first-order valence-corrected chi connectivity index (χ1v) is 14.7. The highest BCUT2D eigenvalue weighted by atomic mass is 35.5. The summed E-state index contributed by atoms with van der Waals surface area (Å²) in [5.74, 6) is 0.219. The lowest BCUT2D eigenvalue weighted by Crippen LogP contribution is -2.46. The first-order valence-electron chi connectivity index (χ1n) is 14.3. The minimum absolute atomic E-state index is 0.0942. The lowest BCUT2D eigenvalue weighted by atomic mass is 9.96. The Labute approximate surface area is 252 Å². The van der Waals surface area contributed by atoms with E-state index in [1.165, 1.54) is 11.1 Å². The predicted molar refractivity (Wildman–Crippen MR) is 164 cm³/mol. The Kier molecular flexibility index (Phi) is 9.57. The summed E-state index contributed by atoms with van der Waals surface area (Å²) in [5.41, 5.74) is 5.64. The highest BCUT2D eigenvalue weighted by Gasteiger charge is 2.35. The Balaban J connectivity index is 1.42. The molecule has 8 nitrogen and oxygen atoms in total. The van der Waals surface area contributed by atoms with Gasteiger partial charge >= 0.3 is 0 Å². The molecule has 0 spiro atoms. The number of aryl methyl sites for hydroxylation is 2. The van der Waals surface area contributed by atoms with E-state index in [-0.39, 0.29) is 24.4 Å². The van der Waals surface area contributed by atoms with E-state index in [1.807, 2.05) is 24.3 Å². The van der Waals surface area contributed by atoms with Crippen molar-refractivity contribution in [2.24, 2.45) is 5.10 Å². The number of morpholine rings is 1. The smallest absolute Gasteiger partial charge is 0.262 e. The zero-order valence-electron chi connectivity index (χ0n) is 24.4. The fraction of sp³-hybridized carbons (Fsp3) is 0.364. The second kappa shape index (κ2) is 13.5. The van der Waals surface area contributed by atoms with Crippen LogP contribution in [0.3, 0.4) is 0 Å². The van der Waals surface area contributed by atoms with Gasteiger partial charge in [-0.1, -0.05) is 35.9 Å². The van der Waals surface area contributed by atoms with Crippen LogP contribution in [0.25, 0.3) is 0 Å². The van der Waals surface area contributed by atoms with Gasteiger partial charge in [0.05, 0.1) is 32.1 Å². The number of ether oxygens (including phenoxy) is 2. The van der Waals surface area contributed by atoms with Gasteiger partial charge in [0, 0.05) is 43.2 Å². The normalized spacial score (nSPS) is 17.2. The van der Waals surface area contributed by atoms with Crippen molar-refractivity contribution >= 4 is 29.1 Å². The standard InChI is InChI=1S/C33H37ClN4O4/c1-23-4-5-27(20-24(23)2)30-21-31(25-6-10-28(34)11-7-25)38(35-30)32(39)22-37(15-14-36-16-18-42-19-17-36)33(40)26-8-12-29(41-3)13-9-26/h4-13,20,31H,14-19,21-22H2,1-3H3/t31-/m1/s1. The Bertz CT molecular complexity index is 1440. The average Bonchev–Trinajstić information content (AvgIpc) is 3.47. The van der Waals surface area contributed by atoms with Gasteiger partial charge in [0.25, 0.3) is 11.8 Å². The quantitative estimate of drug-likeness (QED) is 0.347. The van der Waals surface area contributed by atoms with Crippen LogP contribution < -0.4 is 4.74 Å². The number of hydrazone groups is 1. The molecule has 1 saturated heterocycles. The number of carbonyl (C=O) groups excluding carboxylic acids is 2. The van der Waals surface area contributed by atoms with Gasteiger partial charge in [-0.15, -0.1) is 0 Å². The fourth-order valence-electron chi connectivity index (χ4n) is 5.27. The molecule has 0 saturated carbocycles. The maximum absolute atomic E-state index is 14.0. The molecule has 1 fully saturated rings. The number of hydrogen-bond donors (Lipinski definition) is 0. The molecule has 2 heterocycles. The molecule has 3 aromatic carbocycles. The molecule has 0 unspecified atom stereocenters. The van der Waals surface area contributed by atoms with Gasteiger partial charge in [-0.05, 0) is 78.6 Å². The van der Waals surface area contributed by atoms with Crippen molar-refractivity contribution in [3.8, 4) is 5.75 Å². The maximum Gasteiger partial charge on any atom is 0.262 e. The van der Waals surface area contributed by atoms with E-state index in [0.717, 1.165) is 29.9 Å². The van der Waals surface area contributed by atoms with E-state index in [1.54, 1.807) is 41.3 Å². The van der Waals surface area contributed by atoms with Gasteiger partial charge in [0.1, 0.15) is 12.3 Å². The van der Waals surface area contributed by atoms with Crippen molar-refractivity contribution in [3.63, 3.8) is 0 Å². The largest absolute Gasteiger partial charge is 0.497 e. The van der Waals surface area contributed by atoms with Crippen molar-refractivity contribution in [2.45, 2.75) is 26.3 Å². The van der Waals surface area contributed by atoms with Gasteiger partial charge in [0.2, 0.25) is 0 Å². The lowest BCUT2D eigenvalue weighted by molar-refractivity contribution is -0.133. The van der Waals surface area contributed by atoms with E-state index < -0.39 is 0 Å². The number of amides is 2. The third kappa shape index (κ3) is 7.01. The van der Waals surface area contributed by atoms with E-state index in [2.05, 4.69) is 36.9 Å². The molecule has 220 valence electrons. The topological polar surface area (TPSA) is 74.7 Å². The molecule has 0 aliphatic carbocycles. The molecule has 1 atom stereocenters. The molecule has 3 aromatic rings. The van der Waals surface area contributed by atoms with E-state index in [9.17, 15) is 9.59 Å². The number of hydrogen-bond acceptors (Lipinski definition) is 6. The maximum atomic E-state index is 14.0. The molecule has 2 aliphatic heterocycles. The molecule has 9 heteroatoms. The van der Waals surface area contributed by atoms with Crippen LogP contribution >= 0.6 is 11.6 Å². The molecular weight excluding hydrogens is 552 g/mol. The lowest BCUT2D eigenvalue weighted by Gasteiger charge is -2.31. The summed E-state index contributed by atoms with van der Waals surface area (Å²) < 4.78 is 10.7. The van der Waals surface area contributed by atoms with Gasteiger partial charge in [-0.2, -0.15) is 5.10 Å².